The van der Waals surface area contributed by atoms with Crippen molar-refractivity contribution in [2.24, 2.45) is 0 Å². The van der Waals surface area contributed by atoms with Crippen molar-refractivity contribution < 1.29 is 14.6 Å². The van der Waals surface area contributed by atoms with Gasteiger partial charge in [-0.3, -0.25) is 0 Å². The lowest BCUT2D eigenvalue weighted by Crippen LogP contribution is -2.28. The molecule has 3 rings (SSSR count). The Bertz CT molecular complexity index is 1020. The fourth-order valence-corrected chi connectivity index (χ4v) is 4.39. The third kappa shape index (κ3) is 4.22. The number of thiophene rings is 1. The first-order chi connectivity index (χ1) is 13.1. The molecule has 1 unspecified atom stereocenters. The standard InChI is InChI=1S/C22H24ClNO3S/c1-6-15-11-16-18(13-7-9-14(23)10-8-13)17(12(2)24-20(16)28-15)19(21(25)26)27-22(3,4)5/h7-11,19H,6H2,1-5H3,(H,25,26). The van der Waals surface area contributed by atoms with Gasteiger partial charge >= 0.3 is 5.97 Å². The van der Waals surface area contributed by atoms with Crippen LogP contribution in [-0.4, -0.2) is 21.7 Å². The number of benzene rings is 1. The Labute approximate surface area is 174 Å². The minimum Gasteiger partial charge on any atom is -0.479 e. The van der Waals surface area contributed by atoms with Crippen LogP contribution in [0.2, 0.25) is 5.02 Å². The van der Waals surface area contributed by atoms with Gasteiger partial charge in [-0.25, -0.2) is 9.78 Å². The van der Waals surface area contributed by atoms with Crippen LogP contribution in [0.5, 0.6) is 0 Å². The maximum Gasteiger partial charge on any atom is 0.337 e. The van der Waals surface area contributed by atoms with Crippen molar-refractivity contribution in [2.75, 3.05) is 0 Å². The average Bonchev–Trinajstić information content (AvgIpc) is 3.01. The molecule has 6 heteroatoms. The van der Waals surface area contributed by atoms with Gasteiger partial charge in [0.05, 0.1) is 5.60 Å². The largest absolute Gasteiger partial charge is 0.479 e. The number of nitrogens with zero attached hydrogens (tertiary/aromatic N) is 1. The lowest BCUT2D eigenvalue weighted by molar-refractivity contribution is -0.160. The maximum atomic E-state index is 12.2. The molecular formula is C22H24ClNO3S. The van der Waals surface area contributed by atoms with Gasteiger partial charge in [0, 0.05) is 32.1 Å². The Morgan fingerprint density at radius 3 is 2.46 bits per heavy atom. The van der Waals surface area contributed by atoms with E-state index in [0.717, 1.165) is 27.8 Å². The zero-order chi connectivity index (χ0) is 20.6. The second-order valence-electron chi connectivity index (χ2n) is 7.73. The number of aryl methyl sites for hydroxylation is 2. The predicted molar refractivity (Wildman–Crippen MR) is 115 cm³/mol. The van der Waals surface area contributed by atoms with Gasteiger partial charge in [-0.2, -0.15) is 0 Å². The molecular weight excluding hydrogens is 394 g/mol. The van der Waals surface area contributed by atoms with Gasteiger partial charge in [0.15, 0.2) is 6.10 Å². The van der Waals surface area contributed by atoms with Crippen LogP contribution in [0.25, 0.3) is 21.3 Å². The number of hydrogen-bond donors (Lipinski definition) is 1. The molecule has 3 aromatic rings. The lowest BCUT2D eigenvalue weighted by Gasteiger charge is -2.27. The quantitative estimate of drug-likeness (QED) is 0.519. The molecule has 2 heterocycles. The van der Waals surface area contributed by atoms with Crippen molar-refractivity contribution in [2.45, 2.75) is 52.7 Å². The maximum absolute atomic E-state index is 12.2. The molecule has 1 atom stereocenters. The monoisotopic (exact) mass is 417 g/mol. The van der Waals surface area contributed by atoms with Crippen LogP contribution >= 0.6 is 22.9 Å². The van der Waals surface area contributed by atoms with Gasteiger partial charge < -0.3 is 9.84 Å². The van der Waals surface area contributed by atoms with E-state index in [4.69, 9.17) is 21.3 Å². The normalized spacial score (nSPS) is 13.1. The SMILES string of the molecule is CCc1cc2c(-c3ccc(Cl)cc3)c(C(OC(C)(C)C)C(=O)O)c(C)nc2s1. The van der Waals surface area contributed by atoms with Crippen molar-refractivity contribution in [3.05, 3.63) is 51.5 Å². The van der Waals surface area contributed by atoms with E-state index in [0.29, 0.717) is 16.3 Å². The summed E-state index contributed by atoms with van der Waals surface area (Å²) >= 11 is 7.73. The lowest BCUT2D eigenvalue weighted by atomic mass is 9.92. The molecule has 28 heavy (non-hydrogen) atoms. The number of fused-ring (bicyclic) bond motifs is 1. The second-order valence-corrected chi connectivity index (χ2v) is 9.28. The van der Waals surface area contributed by atoms with Gasteiger partial charge in [-0.15, -0.1) is 11.3 Å². The number of halogens is 1. The number of carboxylic acids is 1. The highest BCUT2D eigenvalue weighted by atomic mass is 35.5. The minimum absolute atomic E-state index is 0.595. The third-order valence-electron chi connectivity index (χ3n) is 4.40. The summed E-state index contributed by atoms with van der Waals surface area (Å²) in [5, 5.41) is 11.6. The Morgan fingerprint density at radius 2 is 1.93 bits per heavy atom. The van der Waals surface area contributed by atoms with Crippen LogP contribution in [0, 0.1) is 6.92 Å². The second kappa shape index (κ2) is 7.82. The van der Waals surface area contributed by atoms with Gasteiger partial charge in [0.25, 0.3) is 0 Å². The molecule has 0 aliphatic heterocycles. The number of carboxylic acid groups (broad SMARTS) is 1. The smallest absolute Gasteiger partial charge is 0.337 e. The zero-order valence-corrected chi connectivity index (χ0v) is 18.2. The number of aliphatic carboxylic acids is 1. The number of ether oxygens (including phenoxy) is 1. The zero-order valence-electron chi connectivity index (χ0n) is 16.7. The van der Waals surface area contributed by atoms with Crippen LogP contribution in [0.3, 0.4) is 0 Å². The number of rotatable bonds is 5. The highest BCUT2D eigenvalue weighted by molar-refractivity contribution is 7.18. The van der Waals surface area contributed by atoms with Crippen LogP contribution in [0.15, 0.2) is 30.3 Å². The van der Waals surface area contributed by atoms with E-state index in [1.165, 1.54) is 4.88 Å². The van der Waals surface area contributed by atoms with Crippen molar-refractivity contribution in [3.63, 3.8) is 0 Å². The Balaban J connectivity index is 2.37. The molecule has 0 radical (unpaired) electrons. The topological polar surface area (TPSA) is 59.4 Å². The molecule has 0 spiro atoms. The summed E-state index contributed by atoms with van der Waals surface area (Å²) in [6, 6.07) is 9.57. The highest BCUT2D eigenvalue weighted by Crippen LogP contribution is 2.42. The van der Waals surface area contributed by atoms with Crippen LogP contribution < -0.4 is 0 Å². The molecule has 1 aromatic carbocycles. The molecule has 4 nitrogen and oxygen atoms in total. The molecule has 0 saturated heterocycles. The van der Waals surface area contributed by atoms with Crippen LogP contribution in [0.4, 0.5) is 0 Å². The fraction of sp³-hybridized carbons (Fsp3) is 0.364. The van der Waals surface area contributed by atoms with E-state index in [-0.39, 0.29) is 0 Å². The molecule has 0 fully saturated rings. The molecule has 0 saturated carbocycles. The Kier molecular flexibility index (Phi) is 5.80. The number of pyridine rings is 1. The van der Waals surface area contributed by atoms with Crippen molar-refractivity contribution in [1.82, 2.24) is 4.98 Å². The third-order valence-corrected chi connectivity index (χ3v) is 5.83. The Morgan fingerprint density at radius 1 is 1.29 bits per heavy atom. The van der Waals surface area contributed by atoms with Gasteiger partial charge in [0.2, 0.25) is 0 Å². The summed E-state index contributed by atoms with van der Waals surface area (Å²) < 4.78 is 5.97. The van der Waals surface area contributed by atoms with E-state index < -0.39 is 17.7 Å². The van der Waals surface area contributed by atoms with E-state index >= 15 is 0 Å². The van der Waals surface area contributed by atoms with Gasteiger partial charge in [0.1, 0.15) is 4.83 Å². The number of aromatic nitrogens is 1. The first-order valence-electron chi connectivity index (χ1n) is 9.20. The molecule has 0 amide bonds. The van der Waals surface area contributed by atoms with Crippen molar-refractivity contribution in [3.8, 4) is 11.1 Å². The summed E-state index contributed by atoms with van der Waals surface area (Å²) in [5.41, 5.74) is 2.40. The van der Waals surface area contributed by atoms with Crippen molar-refractivity contribution >= 4 is 39.1 Å². The van der Waals surface area contributed by atoms with Gasteiger partial charge in [-0.05, 0) is 57.9 Å². The van der Waals surface area contributed by atoms with E-state index in [9.17, 15) is 9.90 Å². The summed E-state index contributed by atoms with van der Waals surface area (Å²) in [6.07, 6.45) is -0.219. The van der Waals surface area contributed by atoms with Crippen LogP contribution in [-0.2, 0) is 16.0 Å². The van der Waals surface area contributed by atoms with Crippen molar-refractivity contribution in [1.29, 1.82) is 0 Å². The van der Waals surface area contributed by atoms with E-state index in [2.05, 4.69) is 13.0 Å². The molecule has 0 aliphatic rings. The first-order valence-corrected chi connectivity index (χ1v) is 10.4. The summed E-state index contributed by atoms with van der Waals surface area (Å²) in [6.45, 7) is 9.51. The summed E-state index contributed by atoms with van der Waals surface area (Å²) in [5.74, 6) is -1.03. The molecule has 148 valence electrons. The fourth-order valence-electron chi connectivity index (χ4n) is 3.24. The average molecular weight is 418 g/mol. The predicted octanol–water partition coefficient (Wildman–Crippen LogP) is 6.43. The summed E-state index contributed by atoms with van der Waals surface area (Å²) in [7, 11) is 0. The number of hydrogen-bond acceptors (Lipinski definition) is 4. The first kappa shape index (κ1) is 20.8. The van der Waals surface area contributed by atoms with Gasteiger partial charge in [-0.1, -0.05) is 30.7 Å². The molecule has 0 bridgehead atoms. The minimum atomic E-state index is -1.12. The van der Waals surface area contributed by atoms with Crippen LogP contribution in [0.1, 0.15) is 49.9 Å². The van der Waals surface area contributed by atoms with E-state index in [1.807, 2.05) is 52.0 Å². The molecule has 0 aliphatic carbocycles. The van der Waals surface area contributed by atoms with E-state index in [1.54, 1.807) is 11.3 Å². The summed E-state index contributed by atoms with van der Waals surface area (Å²) in [4.78, 5) is 19.0. The molecule has 2 aromatic heterocycles. The Hall–Kier alpha value is -1.95. The number of carbonyl (C=O) groups is 1. The highest BCUT2D eigenvalue weighted by Gasteiger charge is 2.32. The molecule has 1 N–H and O–H groups in total.